The van der Waals surface area contributed by atoms with E-state index in [-0.39, 0.29) is 5.91 Å². The highest BCUT2D eigenvalue weighted by Crippen LogP contribution is 2.22. The molecule has 26 heavy (non-hydrogen) atoms. The lowest BCUT2D eigenvalue weighted by Gasteiger charge is -2.07. The molecule has 0 saturated heterocycles. The second-order valence-corrected chi connectivity index (χ2v) is 5.51. The molecular weight excluding hydrogens is 328 g/mol. The molecule has 0 bridgehead atoms. The zero-order chi connectivity index (χ0) is 17.9. The molecule has 0 saturated carbocycles. The van der Waals surface area contributed by atoms with Gasteiger partial charge in [-0.15, -0.1) is 0 Å². The van der Waals surface area contributed by atoms with Crippen molar-refractivity contribution in [2.45, 2.75) is 0 Å². The van der Waals surface area contributed by atoms with E-state index in [1.165, 1.54) is 6.08 Å². The quantitative estimate of drug-likeness (QED) is 0.576. The first kappa shape index (κ1) is 15.6. The third kappa shape index (κ3) is 2.93. The van der Waals surface area contributed by atoms with Gasteiger partial charge in [0.05, 0.1) is 29.1 Å². The minimum absolute atomic E-state index is 0.269. The van der Waals surface area contributed by atoms with Gasteiger partial charge in [-0.1, -0.05) is 6.58 Å². The molecule has 4 rings (SSSR count). The molecule has 3 heterocycles. The zero-order valence-corrected chi connectivity index (χ0v) is 13.7. The summed E-state index contributed by atoms with van der Waals surface area (Å²) < 4.78 is 1.83. The summed E-state index contributed by atoms with van der Waals surface area (Å²) >= 11 is 0. The molecule has 0 spiro atoms. The van der Waals surface area contributed by atoms with Crippen LogP contribution in [0.4, 0.5) is 5.69 Å². The van der Waals surface area contributed by atoms with Crippen molar-refractivity contribution in [1.82, 2.24) is 24.5 Å². The highest BCUT2D eigenvalue weighted by atomic mass is 16.1. The molecule has 7 heteroatoms. The minimum atomic E-state index is -0.269. The molecule has 7 nitrogen and oxygen atoms in total. The Morgan fingerprint density at radius 1 is 1.12 bits per heavy atom. The van der Waals surface area contributed by atoms with Crippen molar-refractivity contribution in [3.63, 3.8) is 0 Å². The Balaban J connectivity index is 1.78. The van der Waals surface area contributed by atoms with Crippen LogP contribution in [0.5, 0.6) is 0 Å². The lowest BCUT2D eigenvalue weighted by Crippen LogP contribution is -2.07. The van der Waals surface area contributed by atoms with Crippen molar-refractivity contribution in [2.24, 2.45) is 0 Å². The fourth-order valence-electron chi connectivity index (χ4n) is 2.59. The third-order valence-corrected chi connectivity index (χ3v) is 3.84. The highest BCUT2D eigenvalue weighted by molar-refractivity contribution is 6.00. The van der Waals surface area contributed by atoms with Gasteiger partial charge in [-0.3, -0.25) is 19.3 Å². The first-order valence-corrected chi connectivity index (χ1v) is 7.88. The molecule has 0 fully saturated rings. The maximum atomic E-state index is 11.5. The van der Waals surface area contributed by atoms with Crippen molar-refractivity contribution in [3.05, 3.63) is 74.1 Å². The van der Waals surface area contributed by atoms with E-state index in [4.69, 9.17) is 0 Å². The minimum Gasteiger partial charge on any atom is -0.322 e. The molecule has 0 unspecified atom stereocenters. The Morgan fingerprint density at radius 3 is 2.77 bits per heavy atom. The lowest BCUT2D eigenvalue weighted by molar-refractivity contribution is -0.111. The van der Waals surface area contributed by atoms with Crippen molar-refractivity contribution in [1.29, 1.82) is 0 Å². The van der Waals surface area contributed by atoms with Crippen LogP contribution in [0, 0.1) is 0 Å². The number of imidazole rings is 1. The van der Waals surface area contributed by atoms with Crippen molar-refractivity contribution < 1.29 is 4.79 Å². The number of aromatic nitrogens is 5. The SMILES string of the molecule is C=CC(=O)Nc1ccc2ncn(-c3cncc(-c4ccncc4)n3)c2c1. The Hall–Kier alpha value is -3.87. The Labute approximate surface area is 149 Å². The second-order valence-electron chi connectivity index (χ2n) is 5.51. The number of hydrogen-bond acceptors (Lipinski definition) is 5. The average Bonchev–Trinajstić information content (AvgIpc) is 3.12. The van der Waals surface area contributed by atoms with E-state index in [2.05, 4.69) is 31.8 Å². The van der Waals surface area contributed by atoms with Gasteiger partial charge < -0.3 is 5.32 Å². The fourth-order valence-corrected chi connectivity index (χ4v) is 2.59. The fraction of sp³-hybridized carbons (Fsp3) is 0. The van der Waals surface area contributed by atoms with Crippen LogP contribution in [-0.4, -0.2) is 30.4 Å². The second kappa shape index (κ2) is 6.56. The average molecular weight is 342 g/mol. The molecule has 3 aromatic heterocycles. The molecule has 1 N–H and O–H groups in total. The van der Waals surface area contributed by atoms with Gasteiger partial charge in [-0.2, -0.15) is 0 Å². The zero-order valence-electron chi connectivity index (χ0n) is 13.7. The number of carbonyl (C=O) groups excluding carboxylic acids is 1. The summed E-state index contributed by atoms with van der Waals surface area (Å²) in [7, 11) is 0. The van der Waals surface area contributed by atoms with Crippen molar-refractivity contribution >= 4 is 22.6 Å². The van der Waals surface area contributed by atoms with E-state index in [1.54, 1.807) is 37.2 Å². The van der Waals surface area contributed by atoms with Gasteiger partial charge in [0.1, 0.15) is 6.33 Å². The summed E-state index contributed by atoms with van der Waals surface area (Å²) in [5.74, 6) is 0.365. The molecule has 0 radical (unpaired) electrons. The predicted molar refractivity (Wildman–Crippen MR) is 98.7 cm³/mol. The molecule has 0 aliphatic carbocycles. The Morgan fingerprint density at radius 2 is 1.96 bits per heavy atom. The van der Waals surface area contributed by atoms with E-state index in [1.807, 2.05) is 28.8 Å². The van der Waals surface area contributed by atoms with Gasteiger partial charge in [0.2, 0.25) is 5.91 Å². The summed E-state index contributed by atoms with van der Waals surface area (Å²) in [5.41, 5.74) is 3.92. The largest absolute Gasteiger partial charge is 0.322 e. The van der Waals surface area contributed by atoms with E-state index in [0.29, 0.717) is 11.5 Å². The Bertz CT molecular complexity index is 1100. The van der Waals surface area contributed by atoms with Gasteiger partial charge in [0.15, 0.2) is 5.82 Å². The monoisotopic (exact) mass is 342 g/mol. The molecule has 1 aromatic carbocycles. The first-order valence-electron chi connectivity index (χ1n) is 7.88. The highest BCUT2D eigenvalue weighted by Gasteiger charge is 2.09. The molecule has 4 aromatic rings. The number of hydrogen-bond donors (Lipinski definition) is 1. The molecule has 0 aliphatic heterocycles. The normalized spacial score (nSPS) is 10.6. The van der Waals surface area contributed by atoms with Crippen LogP contribution < -0.4 is 5.32 Å². The van der Waals surface area contributed by atoms with Gasteiger partial charge in [0, 0.05) is 23.6 Å². The standard InChI is InChI=1S/C19H14N6O/c1-2-19(26)23-14-3-4-15-17(9-14)25(12-22-15)18-11-21-10-16(24-18)13-5-7-20-8-6-13/h2-12H,1H2,(H,23,26). The number of carbonyl (C=O) groups is 1. The maximum absolute atomic E-state index is 11.5. The summed E-state index contributed by atoms with van der Waals surface area (Å²) in [6, 6.07) is 9.22. The molecule has 126 valence electrons. The first-order chi connectivity index (χ1) is 12.7. The van der Waals surface area contributed by atoms with Crippen LogP contribution in [0.1, 0.15) is 0 Å². The smallest absolute Gasteiger partial charge is 0.247 e. The molecular formula is C19H14N6O. The lowest BCUT2D eigenvalue weighted by atomic mass is 10.2. The van der Waals surface area contributed by atoms with Gasteiger partial charge in [-0.25, -0.2) is 9.97 Å². The summed E-state index contributed by atoms with van der Waals surface area (Å²) in [5, 5.41) is 2.75. The summed E-state index contributed by atoms with van der Waals surface area (Å²) in [6.07, 6.45) is 9.71. The number of nitrogens with one attached hydrogen (secondary N) is 1. The van der Waals surface area contributed by atoms with Gasteiger partial charge in [0.25, 0.3) is 0 Å². The number of rotatable bonds is 4. The predicted octanol–water partition coefficient (Wildman–Crippen LogP) is 3.00. The number of nitrogens with zero attached hydrogens (tertiary/aromatic N) is 5. The van der Waals surface area contributed by atoms with E-state index in [9.17, 15) is 4.79 Å². The van der Waals surface area contributed by atoms with Crippen LogP contribution in [0.2, 0.25) is 0 Å². The van der Waals surface area contributed by atoms with Crippen LogP contribution in [0.3, 0.4) is 0 Å². The Kier molecular flexibility index (Phi) is 3.95. The molecule has 0 atom stereocenters. The van der Waals surface area contributed by atoms with Crippen LogP contribution in [0.25, 0.3) is 28.1 Å². The molecule has 0 aliphatic rings. The van der Waals surface area contributed by atoms with Crippen LogP contribution in [-0.2, 0) is 4.79 Å². The van der Waals surface area contributed by atoms with Crippen LogP contribution >= 0.6 is 0 Å². The van der Waals surface area contributed by atoms with Crippen molar-refractivity contribution in [3.8, 4) is 17.1 Å². The third-order valence-electron chi connectivity index (χ3n) is 3.84. The number of pyridine rings is 1. The number of anilines is 1. The number of fused-ring (bicyclic) bond motifs is 1. The van der Waals surface area contributed by atoms with Crippen LogP contribution in [0.15, 0.2) is 74.1 Å². The van der Waals surface area contributed by atoms with E-state index < -0.39 is 0 Å². The van der Waals surface area contributed by atoms with E-state index in [0.717, 1.165) is 22.3 Å². The summed E-state index contributed by atoms with van der Waals surface area (Å²) in [4.78, 5) is 28.9. The number of benzene rings is 1. The van der Waals surface area contributed by atoms with Gasteiger partial charge >= 0.3 is 0 Å². The maximum Gasteiger partial charge on any atom is 0.247 e. The topological polar surface area (TPSA) is 85.6 Å². The summed E-state index contributed by atoms with van der Waals surface area (Å²) in [6.45, 7) is 3.46. The van der Waals surface area contributed by atoms with Gasteiger partial charge in [-0.05, 0) is 36.4 Å². The molecule has 1 amide bonds. The van der Waals surface area contributed by atoms with E-state index >= 15 is 0 Å². The number of amides is 1. The van der Waals surface area contributed by atoms with Crippen molar-refractivity contribution in [2.75, 3.05) is 5.32 Å².